The van der Waals surface area contributed by atoms with Gasteiger partial charge in [0.2, 0.25) is 5.91 Å². The number of carboxylic acids is 1. The molecule has 2 aliphatic heterocycles. The van der Waals surface area contributed by atoms with Crippen molar-refractivity contribution in [3.05, 3.63) is 40.2 Å². The number of aliphatic carboxylic acids is 1. The molecule has 6 nitrogen and oxygen atoms in total. The van der Waals surface area contributed by atoms with E-state index >= 15 is 0 Å². The minimum atomic E-state index is -1.09. The first kappa shape index (κ1) is 17.0. The number of rotatable bonds is 5. The number of nitrogens with zero attached hydrogens (tertiary/aromatic N) is 2. The van der Waals surface area contributed by atoms with Gasteiger partial charge < -0.3 is 15.1 Å². The number of hydrogen-bond acceptors (Lipinski definition) is 5. The minimum Gasteiger partial charge on any atom is -0.477 e. The number of aryl methyl sites for hydroxylation is 1. The molecule has 4 atom stereocenters. The predicted molar refractivity (Wildman–Crippen MR) is 89.9 cm³/mol. The van der Waals surface area contributed by atoms with E-state index in [4.69, 9.17) is 0 Å². The van der Waals surface area contributed by atoms with E-state index in [1.165, 1.54) is 16.7 Å². The summed E-state index contributed by atoms with van der Waals surface area (Å²) in [6, 6.07) is 1.75. The van der Waals surface area contributed by atoms with Crippen LogP contribution in [0, 0.1) is 18.8 Å². The number of carbonyl (C=O) groups excluding carboxylic acids is 1. The summed E-state index contributed by atoms with van der Waals surface area (Å²) in [5.74, 6) is -1.41. The SMILES string of the molecule is Cc1cncc(CSC2=C(C(=O)O)N3C(=O)C(C(C)O)C3C2C)c1. The molecule has 0 bridgehead atoms. The second-order valence-electron chi connectivity index (χ2n) is 6.43. The van der Waals surface area contributed by atoms with E-state index in [0.29, 0.717) is 10.7 Å². The number of β-lactam (4-membered cyclic amide) rings is 1. The molecule has 1 aromatic heterocycles. The Bertz CT molecular complexity index is 731. The van der Waals surface area contributed by atoms with Gasteiger partial charge in [0.05, 0.1) is 18.1 Å². The zero-order valence-electron chi connectivity index (χ0n) is 13.8. The van der Waals surface area contributed by atoms with E-state index in [1.54, 1.807) is 19.3 Å². The molecule has 3 rings (SSSR count). The molecule has 1 saturated heterocycles. The Morgan fingerprint density at radius 1 is 1.46 bits per heavy atom. The number of aliphatic hydroxyl groups excluding tert-OH is 1. The average molecular weight is 348 g/mol. The fourth-order valence-electron chi connectivity index (χ4n) is 3.57. The van der Waals surface area contributed by atoms with Crippen LogP contribution >= 0.6 is 11.8 Å². The van der Waals surface area contributed by atoms with Gasteiger partial charge in [0, 0.05) is 29.0 Å². The Morgan fingerprint density at radius 3 is 2.75 bits per heavy atom. The molecular weight excluding hydrogens is 328 g/mol. The van der Waals surface area contributed by atoms with Crippen molar-refractivity contribution >= 4 is 23.6 Å². The highest BCUT2D eigenvalue weighted by atomic mass is 32.2. The third-order valence-electron chi connectivity index (χ3n) is 4.64. The first-order valence-electron chi connectivity index (χ1n) is 7.84. The summed E-state index contributed by atoms with van der Waals surface area (Å²) >= 11 is 1.44. The highest BCUT2D eigenvalue weighted by molar-refractivity contribution is 8.02. The first-order chi connectivity index (χ1) is 11.3. The molecule has 0 aliphatic carbocycles. The first-order valence-corrected chi connectivity index (χ1v) is 8.83. The summed E-state index contributed by atoms with van der Waals surface area (Å²) in [7, 11) is 0. The molecule has 3 heterocycles. The standard InChI is InChI=1S/C17H20N2O4S/c1-8-4-11(6-18-5-8)7-24-15-9(2)13-12(10(3)20)16(21)19(13)14(15)17(22)23/h4-6,9-10,12-13,20H,7H2,1-3H3,(H,22,23). The summed E-state index contributed by atoms with van der Waals surface area (Å²) in [4.78, 5) is 30.2. The number of carboxylic acid groups (broad SMARTS) is 1. The number of amides is 1. The molecule has 1 fully saturated rings. The van der Waals surface area contributed by atoms with Gasteiger partial charge in [-0.15, -0.1) is 11.8 Å². The van der Waals surface area contributed by atoms with E-state index in [1.807, 2.05) is 19.9 Å². The Morgan fingerprint density at radius 2 is 2.17 bits per heavy atom. The molecule has 0 radical (unpaired) electrons. The molecule has 0 spiro atoms. The van der Waals surface area contributed by atoms with Gasteiger partial charge in [0.15, 0.2) is 0 Å². The number of fused-ring (bicyclic) bond motifs is 1. The van der Waals surface area contributed by atoms with Crippen LogP contribution < -0.4 is 0 Å². The van der Waals surface area contributed by atoms with Crippen molar-refractivity contribution in [2.45, 2.75) is 38.7 Å². The van der Waals surface area contributed by atoms with E-state index < -0.39 is 18.0 Å². The fourth-order valence-corrected chi connectivity index (χ4v) is 4.78. The molecule has 24 heavy (non-hydrogen) atoms. The lowest BCUT2D eigenvalue weighted by Crippen LogP contribution is -2.63. The van der Waals surface area contributed by atoms with Crippen LogP contribution in [-0.2, 0) is 15.3 Å². The number of pyridine rings is 1. The highest BCUT2D eigenvalue weighted by Crippen LogP contribution is 2.50. The summed E-state index contributed by atoms with van der Waals surface area (Å²) < 4.78 is 0. The van der Waals surface area contributed by atoms with Crippen molar-refractivity contribution in [2.24, 2.45) is 11.8 Å². The number of hydrogen-bond donors (Lipinski definition) is 2. The van der Waals surface area contributed by atoms with E-state index in [9.17, 15) is 19.8 Å². The van der Waals surface area contributed by atoms with Gasteiger partial charge >= 0.3 is 5.97 Å². The van der Waals surface area contributed by atoms with Crippen LogP contribution in [0.2, 0.25) is 0 Å². The fraction of sp³-hybridized carbons (Fsp3) is 0.471. The van der Waals surface area contributed by atoms with Crippen LogP contribution in [0.5, 0.6) is 0 Å². The lowest BCUT2D eigenvalue weighted by molar-refractivity contribution is -0.163. The van der Waals surface area contributed by atoms with Crippen molar-refractivity contribution in [3.8, 4) is 0 Å². The second-order valence-corrected chi connectivity index (χ2v) is 7.45. The number of carbonyl (C=O) groups is 2. The smallest absolute Gasteiger partial charge is 0.353 e. The Labute approximate surface area is 144 Å². The number of aliphatic hydroxyl groups is 1. The summed E-state index contributed by atoms with van der Waals surface area (Å²) in [5.41, 5.74) is 2.13. The normalized spacial score (nSPS) is 27.1. The van der Waals surface area contributed by atoms with Crippen LogP contribution in [0.4, 0.5) is 0 Å². The summed E-state index contributed by atoms with van der Waals surface area (Å²) in [6.45, 7) is 5.46. The zero-order valence-corrected chi connectivity index (χ0v) is 14.6. The van der Waals surface area contributed by atoms with Crippen LogP contribution in [0.15, 0.2) is 29.1 Å². The van der Waals surface area contributed by atoms with Gasteiger partial charge in [-0.2, -0.15) is 0 Å². The van der Waals surface area contributed by atoms with Crippen LogP contribution in [-0.4, -0.2) is 44.1 Å². The van der Waals surface area contributed by atoms with Gasteiger partial charge in [-0.05, 0) is 25.0 Å². The topological polar surface area (TPSA) is 90.7 Å². The monoisotopic (exact) mass is 348 g/mol. The molecule has 2 aliphatic rings. The maximum Gasteiger partial charge on any atom is 0.353 e. The maximum absolute atomic E-state index is 12.3. The Balaban J connectivity index is 1.85. The maximum atomic E-state index is 12.3. The largest absolute Gasteiger partial charge is 0.477 e. The van der Waals surface area contributed by atoms with E-state index in [2.05, 4.69) is 4.98 Å². The minimum absolute atomic E-state index is 0.0695. The molecule has 1 amide bonds. The summed E-state index contributed by atoms with van der Waals surface area (Å²) in [5, 5.41) is 19.4. The lowest BCUT2D eigenvalue weighted by atomic mass is 9.79. The molecule has 2 N–H and O–H groups in total. The Kier molecular flexibility index (Phi) is 4.40. The van der Waals surface area contributed by atoms with Crippen molar-refractivity contribution in [1.29, 1.82) is 0 Å². The second kappa shape index (κ2) is 6.22. The molecule has 0 aromatic carbocycles. The molecule has 0 saturated carbocycles. The van der Waals surface area contributed by atoms with E-state index in [-0.39, 0.29) is 23.6 Å². The molecule has 128 valence electrons. The van der Waals surface area contributed by atoms with Crippen molar-refractivity contribution in [1.82, 2.24) is 9.88 Å². The number of aromatic nitrogens is 1. The van der Waals surface area contributed by atoms with Crippen molar-refractivity contribution in [2.75, 3.05) is 0 Å². The Hall–Kier alpha value is -1.86. The third-order valence-corrected chi connectivity index (χ3v) is 5.99. The van der Waals surface area contributed by atoms with Gasteiger partial charge in [0.25, 0.3) is 0 Å². The zero-order chi connectivity index (χ0) is 17.6. The van der Waals surface area contributed by atoms with Crippen LogP contribution in [0.1, 0.15) is 25.0 Å². The third kappa shape index (κ3) is 2.61. The molecule has 7 heteroatoms. The highest BCUT2D eigenvalue weighted by Gasteiger charge is 2.59. The molecule has 1 aromatic rings. The lowest BCUT2D eigenvalue weighted by Gasteiger charge is -2.46. The molecule has 4 unspecified atom stereocenters. The van der Waals surface area contributed by atoms with Gasteiger partial charge in [-0.1, -0.05) is 13.0 Å². The predicted octanol–water partition coefficient (Wildman–Crippen LogP) is 1.78. The van der Waals surface area contributed by atoms with E-state index in [0.717, 1.165) is 11.1 Å². The quantitative estimate of drug-likeness (QED) is 0.788. The van der Waals surface area contributed by atoms with Crippen LogP contribution in [0.25, 0.3) is 0 Å². The molecular formula is C17H20N2O4S. The van der Waals surface area contributed by atoms with Crippen molar-refractivity contribution < 1.29 is 19.8 Å². The van der Waals surface area contributed by atoms with Gasteiger partial charge in [-0.25, -0.2) is 4.79 Å². The van der Waals surface area contributed by atoms with Gasteiger partial charge in [0.1, 0.15) is 5.70 Å². The van der Waals surface area contributed by atoms with Crippen molar-refractivity contribution in [3.63, 3.8) is 0 Å². The number of thioether (sulfide) groups is 1. The average Bonchev–Trinajstić information content (AvgIpc) is 2.74. The van der Waals surface area contributed by atoms with Gasteiger partial charge in [-0.3, -0.25) is 9.78 Å². The van der Waals surface area contributed by atoms with Crippen LogP contribution in [0.3, 0.4) is 0 Å². The summed E-state index contributed by atoms with van der Waals surface area (Å²) in [6.07, 6.45) is 2.76.